The Morgan fingerprint density at radius 1 is 1.50 bits per heavy atom. The molecular formula is C10H14O3S. The summed E-state index contributed by atoms with van der Waals surface area (Å²) in [6, 6.07) is 1.86. The van der Waals surface area contributed by atoms with Gasteiger partial charge in [0.05, 0.1) is 13.2 Å². The zero-order chi connectivity index (χ0) is 10.7. The summed E-state index contributed by atoms with van der Waals surface area (Å²) in [4.78, 5) is 12.9. The van der Waals surface area contributed by atoms with Crippen molar-refractivity contribution in [3.63, 3.8) is 0 Å². The molecule has 0 bridgehead atoms. The summed E-state index contributed by atoms with van der Waals surface area (Å²) >= 11 is 1.39. The lowest BCUT2D eigenvalue weighted by Crippen LogP contribution is -2.08. The second-order valence-electron chi connectivity index (χ2n) is 3.21. The number of aryl methyl sites for hydroxylation is 1. The molecule has 1 heterocycles. The fourth-order valence-corrected chi connectivity index (χ4v) is 1.93. The number of hydrogen-bond donors (Lipinski definition) is 0. The number of carbonyl (C=O) groups excluding carboxylic acids is 1. The van der Waals surface area contributed by atoms with E-state index >= 15 is 0 Å². The number of thiophene rings is 1. The van der Waals surface area contributed by atoms with Gasteiger partial charge in [0.1, 0.15) is 5.75 Å². The van der Waals surface area contributed by atoms with Crippen LogP contribution in [0.2, 0.25) is 0 Å². The van der Waals surface area contributed by atoms with Gasteiger partial charge in [-0.3, -0.25) is 0 Å². The molecule has 0 unspecified atom stereocenters. The van der Waals surface area contributed by atoms with Crippen LogP contribution in [0.1, 0.15) is 28.4 Å². The minimum Gasteiger partial charge on any atom is -0.489 e. The maximum atomic E-state index is 11.3. The summed E-state index contributed by atoms with van der Waals surface area (Å²) in [7, 11) is 1.37. The van der Waals surface area contributed by atoms with E-state index in [0.29, 0.717) is 10.6 Å². The highest BCUT2D eigenvalue weighted by Gasteiger charge is 2.17. The summed E-state index contributed by atoms with van der Waals surface area (Å²) < 4.78 is 10.2. The molecule has 0 aliphatic heterocycles. The average Bonchev–Trinajstić information content (AvgIpc) is 2.44. The quantitative estimate of drug-likeness (QED) is 0.725. The summed E-state index contributed by atoms with van der Waals surface area (Å²) in [5, 5.41) is 0. The Labute approximate surface area is 87.7 Å². The van der Waals surface area contributed by atoms with Crippen molar-refractivity contribution in [3.05, 3.63) is 15.8 Å². The van der Waals surface area contributed by atoms with Gasteiger partial charge in [0.15, 0.2) is 4.88 Å². The first-order valence-corrected chi connectivity index (χ1v) is 5.21. The highest BCUT2D eigenvalue weighted by atomic mass is 32.1. The van der Waals surface area contributed by atoms with Gasteiger partial charge in [0.25, 0.3) is 0 Å². The maximum absolute atomic E-state index is 11.3. The Morgan fingerprint density at radius 3 is 2.64 bits per heavy atom. The molecule has 0 N–H and O–H groups in total. The zero-order valence-corrected chi connectivity index (χ0v) is 9.60. The molecule has 14 heavy (non-hydrogen) atoms. The van der Waals surface area contributed by atoms with Crippen molar-refractivity contribution < 1.29 is 14.3 Å². The smallest absolute Gasteiger partial charge is 0.351 e. The SMILES string of the molecule is COC(=O)c1sc(C)cc1OC(C)C. The molecule has 1 aromatic heterocycles. The fraction of sp³-hybridized carbons (Fsp3) is 0.500. The predicted molar refractivity (Wildman–Crippen MR) is 56.2 cm³/mol. The number of methoxy groups -OCH3 is 1. The van der Waals surface area contributed by atoms with Crippen molar-refractivity contribution in [2.24, 2.45) is 0 Å². The second-order valence-corrected chi connectivity index (χ2v) is 4.46. The van der Waals surface area contributed by atoms with Gasteiger partial charge in [-0.2, -0.15) is 0 Å². The molecular weight excluding hydrogens is 200 g/mol. The third-order valence-electron chi connectivity index (χ3n) is 1.55. The topological polar surface area (TPSA) is 35.5 Å². The van der Waals surface area contributed by atoms with Crippen molar-refractivity contribution in [3.8, 4) is 5.75 Å². The Kier molecular flexibility index (Phi) is 3.52. The van der Waals surface area contributed by atoms with Crippen molar-refractivity contribution in [2.75, 3.05) is 7.11 Å². The van der Waals surface area contributed by atoms with E-state index in [1.165, 1.54) is 18.4 Å². The molecule has 0 fully saturated rings. The Morgan fingerprint density at radius 2 is 2.14 bits per heavy atom. The molecule has 1 rings (SSSR count). The first kappa shape index (κ1) is 11.0. The van der Waals surface area contributed by atoms with Crippen molar-refractivity contribution >= 4 is 17.3 Å². The summed E-state index contributed by atoms with van der Waals surface area (Å²) in [6.45, 7) is 5.78. The lowest BCUT2D eigenvalue weighted by molar-refractivity contribution is 0.0600. The molecule has 0 saturated heterocycles. The Bertz CT molecular complexity index is 328. The summed E-state index contributed by atoms with van der Waals surface area (Å²) in [5.41, 5.74) is 0. The molecule has 0 atom stereocenters. The normalized spacial score (nSPS) is 10.4. The van der Waals surface area contributed by atoms with Crippen molar-refractivity contribution in [1.29, 1.82) is 0 Å². The van der Waals surface area contributed by atoms with Crippen LogP contribution in [0.4, 0.5) is 0 Å². The number of esters is 1. The summed E-state index contributed by atoms with van der Waals surface area (Å²) in [6.07, 6.45) is 0.0624. The fourth-order valence-electron chi connectivity index (χ4n) is 1.07. The van der Waals surface area contributed by atoms with Crippen LogP contribution in [-0.2, 0) is 4.74 Å². The minimum atomic E-state index is -0.334. The third-order valence-corrected chi connectivity index (χ3v) is 2.57. The van der Waals surface area contributed by atoms with Crippen LogP contribution >= 0.6 is 11.3 Å². The highest BCUT2D eigenvalue weighted by Crippen LogP contribution is 2.30. The van der Waals surface area contributed by atoms with E-state index in [0.717, 1.165) is 4.88 Å². The maximum Gasteiger partial charge on any atom is 0.351 e. The van der Waals surface area contributed by atoms with Crippen LogP contribution in [0, 0.1) is 6.92 Å². The van der Waals surface area contributed by atoms with Crippen LogP contribution in [0.15, 0.2) is 6.07 Å². The van der Waals surface area contributed by atoms with Gasteiger partial charge in [-0.1, -0.05) is 0 Å². The van der Waals surface area contributed by atoms with Crippen LogP contribution < -0.4 is 4.74 Å². The minimum absolute atomic E-state index is 0.0624. The van der Waals surface area contributed by atoms with Crippen molar-refractivity contribution in [2.45, 2.75) is 26.9 Å². The van der Waals surface area contributed by atoms with Gasteiger partial charge in [-0.15, -0.1) is 11.3 Å². The van der Waals surface area contributed by atoms with Gasteiger partial charge >= 0.3 is 5.97 Å². The standard InChI is InChI=1S/C10H14O3S/c1-6(2)13-8-5-7(3)14-9(8)10(11)12-4/h5-6H,1-4H3. The molecule has 3 nitrogen and oxygen atoms in total. The van der Waals surface area contributed by atoms with Gasteiger partial charge in [0.2, 0.25) is 0 Å². The van der Waals surface area contributed by atoms with Crippen LogP contribution in [-0.4, -0.2) is 19.2 Å². The van der Waals surface area contributed by atoms with Crippen LogP contribution in [0.5, 0.6) is 5.75 Å². The molecule has 0 radical (unpaired) electrons. The van der Waals surface area contributed by atoms with E-state index < -0.39 is 0 Å². The first-order valence-electron chi connectivity index (χ1n) is 4.40. The molecule has 78 valence electrons. The molecule has 0 aromatic carbocycles. The Balaban J connectivity index is 2.96. The molecule has 0 saturated carbocycles. The van der Waals surface area contributed by atoms with Gasteiger partial charge in [0, 0.05) is 4.88 Å². The number of carbonyl (C=O) groups is 1. The predicted octanol–water partition coefficient (Wildman–Crippen LogP) is 2.63. The van der Waals surface area contributed by atoms with Crippen molar-refractivity contribution in [1.82, 2.24) is 0 Å². The molecule has 4 heteroatoms. The van der Waals surface area contributed by atoms with Gasteiger partial charge in [-0.25, -0.2) is 4.79 Å². The molecule has 0 aliphatic rings. The van der Waals surface area contributed by atoms with E-state index in [4.69, 9.17) is 4.74 Å². The van der Waals surface area contributed by atoms with Gasteiger partial charge < -0.3 is 9.47 Å². The van der Waals surface area contributed by atoms with E-state index in [-0.39, 0.29) is 12.1 Å². The van der Waals surface area contributed by atoms with Gasteiger partial charge in [-0.05, 0) is 26.8 Å². The zero-order valence-electron chi connectivity index (χ0n) is 8.79. The number of ether oxygens (including phenoxy) is 2. The van der Waals surface area contributed by atoms with E-state index in [1.54, 1.807) is 0 Å². The van der Waals surface area contributed by atoms with E-state index in [2.05, 4.69) is 4.74 Å². The molecule has 0 spiro atoms. The third kappa shape index (κ3) is 2.48. The monoisotopic (exact) mass is 214 g/mol. The van der Waals surface area contributed by atoms with Crippen LogP contribution in [0.3, 0.4) is 0 Å². The molecule has 0 aliphatic carbocycles. The lowest BCUT2D eigenvalue weighted by atomic mass is 10.4. The first-order chi connectivity index (χ1) is 6.54. The lowest BCUT2D eigenvalue weighted by Gasteiger charge is -2.08. The highest BCUT2D eigenvalue weighted by molar-refractivity contribution is 7.14. The van der Waals surface area contributed by atoms with E-state index in [1.807, 2.05) is 26.8 Å². The summed E-state index contributed by atoms with van der Waals surface area (Å²) in [5.74, 6) is 0.285. The average molecular weight is 214 g/mol. The van der Waals surface area contributed by atoms with Crippen LogP contribution in [0.25, 0.3) is 0 Å². The largest absolute Gasteiger partial charge is 0.489 e. The second kappa shape index (κ2) is 4.46. The van der Waals surface area contributed by atoms with E-state index in [9.17, 15) is 4.79 Å². The molecule has 0 amide bonds. The number of hydrogen-bond acceptors (Lipinski definition) is 4. The molecule has 1 aromatic rings. The number of rotatable bonds is 3. The Hall–Kier alpha value is -1.03.